The van der Waals surface area contributed by atoms with Crippen LogP contribution < -0.4 is 0 Å². The Hall–Kier alpha value is -0.620. The molecule has 0 saturated heterocycles. The standard InChI is InChI=1S/C8H10NOP/c1-2-4-7(3-1)11-8-9-5-6-10-8/h1-3,11H,4-6H2. The highest BCUT2D eigenvalue weighted by atomic mass is 31.1. The topological polar surface area (TPSA) is 21.6 Å². The summed E-state index contributed by atoms with van der Waals surface area (Å²) in [6.45, 7) is 1.63. The second kappa shape index (κ2) is 3.19. The zero-order chi connectivity index (χ0) is 7.52. The minimum absolute atomic E-state index is 0.666. The summed E-state index contributed by atoms with van der Waals surface area (Å²) < 4.78 is 5.31. The van der Waals surface area contributed by atoms with Crippen molar-refractivity contribution in [1.29, 1.82) is 0 Å². The summed E-state index contributed by atoms with van der Waals surface area (Å²) in [7, 11) is 0.666. The van der Waals surface area contributed by atoms with E-state index in [0.717, 1.165) is 25.2 Å². The van der Waals surface area contributed by atoms with Gasteiger partial charge in [0.1, 0.15) is 6.61 Å². The molecule has 1 atom stereocenters. The van der Waals surface area contributed by atoms with E-state index in [9.17, 15) is 0 Å². The van der Waals surface area contributed by atoms with Crippen LogP contribution in [0.4, 0.5) is 0 Å². The van der Waals surface area contributed by atoms with Crippen molar-refractivity contribution in [3.63, 3.8) is 0 Å². The molecule has 0 N–H and O–H groups in total. The van der Waals surface area contributed by atoms with Crippen LogP contribution in [0.5, 0.6) is 0 Å². The highest BCUT2D eigenvalue weighted by Crippen LogP contribution is 2.32. The van der Waals surface area contributed by atoms with Crippen LogP contribution >= 0.6 is 8.58 Å². The number of nitrogens with zero attached hydrogens (tertiary/aromatic N) is 1. The predicted molar refractivity (Wildman–Crippen MR) is 48.4 cm³/mol. The van der Waals surface area contributed by atoms with Crippen LogP contribution in [0.2, 0.25) is 0 Å². The third-order valence-electron chi connectivity index (χ3n) is 1.62. The van der Waals surface area contributed by atoms with E-state index in [1.165, 1.54) is 5.31 Å². The minimum Gasteiger partial charge on any atom is -0.476 e. The fourth-order valence-electron chi connectivity index (χ4n) is 1.09. The van der Waals surface area contributed by atoms with Gasteiger partial charge in [-0.25, -0.2) is 4.99 Å². The van der Waals surface area contributed by atoms with E-state index in [-0.39, 0.29) is 0 Å². The predicted octanol–water partition coefficient (Wildman–Crippen LogP) is 1.89. The third-order valence-corrected chi connectivity index (χ3v) is 2.83. The Morgan fingerprint density at radius 1 is 1.55 bits per heavy atom. The van der Waals surface area contributed by atoms with Gasteiger partial charge >= 0.3 is 0 Å². The molecule has 0 spiro atoms. The van der Waals surface area contributed by atoms with Crippen LogP contribution in [0.15, 0.2) is 28.5 Å². The minimum atomic E-state index is 0.666. The van der Waals surface area contributed by atoms with Crippen LogP contribution in [0.25, 0.3) is 0 Å². The Morgan fingerprint density at radius 3 is 3.18 bits per heavy atom. The quantitative estimate of drug-likeness (QED) is 0.575. The van der Waals surface area contributed by atoms with Gasteiger partial charge in [-0.15, -0.1) is 0 Å². The van der Waals surface area contributed by atoms with Crippen LogP contribution in [0.3, 0.4) is 0 Å². The summed E-state index contributed by atoms with van der Waals surface area (Å²) in [4.78, 5) is 4.24. The molecule has 0 saturated carbocycles. The maximum atomic E-state index is 5.31. The van der Waals surface area contributed by atoms with E-state index in [1.807, 2.05) is 0 Å². The van der Waals surface area contributed by atoms with E-state index < -0.39 is 0 Å². The molecular weight excluding hydrogens is 157 g/mol. The summed E-state index contributed by atoms with van der Waals surface area (Å²) >= 11 is 0. The normalized spacial score (nSPS) is 22.5. The van der Waals surface area contributed by atoms with Crippen LogP contribution in [-0.2, 0) is 4.74 Å². The van der Waals surface area contributed by atoms with Crippen LogP contribution in [0.1, 0.15) is 6.42 Å². The van der Waals surface area contributed by atoms with Crippen molar-refractivity contribution >= 4 is 14.2 Å². The van der Waals surface area contributed by atoms with Gasteiger partial charge in [0.15, 0.2) is 0 Å². The van der Waals surface area contributed by atoms with Gasteiger partial charge in [0.25, 0.3) is 0 Å². The molecule has 0 aromatic carbocycles. The number of rotatable bonds is 2. The van der Waals surface area contributed by atoms with E-state index in [1.54, 1.807) is 0 Å². The van der Waals surface area contributed by atoms with Gasteiger partial charge in [0.05, 0.1) is 6.54 Å². The maximum Gasteiger partial charge on any atom is 0.207 e. The van der Waals surface area contributed by atoms with E-state index >= 15 is 0 Å². The summed E-state index contributed by atoms with van der Waals surface area (Å²) in [5.74, 6) is 0. The monoisotopic (exact) mass is 167 g/mol. The van der Waals surface area contributed by atoms with Crippen molar-refractivity contribution < 1.29 is 4.74 Å². The third kappa shape index (κ3) is 1.69. The number of aliphatic imine (C=N–C) groups is 1. The Bertz CT molecular complexity index is 242. The summed E-state index contributed by atoms with van der Waals surface area (Å²) in [5, 5.41) is 1.44. The van der Waals surface area contributed by atoms with Gasteiger partial charge in [0, 0.05) is 0 Å². The highest BCUT2D eigenvalue weighted by molar-refractivity contribution is 7.61. The van der Waals surface area contributed by atoms with Crippen LogP contribution in [-0.4, -0.2) is 18.8 Å². The first-order valence-electron chi connectivity index (χ1n) is 3.75. The zero-order valence-electron chi connectivity index (χ0n) is 6.21. The molecule has 0 amide bonds. The molecule has 2 nitrogen and oxygen atoms in total. The van der Waals surface area contributed by atoms with Crippen molar-refractivity contribution in [1.82, 2.24) is 0 Å². The van der Waals surface area contributed by atoms with Crippen molar-refractivity contribution in [2.45, 2.75) is 6.42 Å². The average molecular weight is 167 g/mol. The van der Waals surface area contributed by atoms with Gasteiger partial charge in [-0.05, 0) is 20.3 Å². The van der Waals surface area contributed by atoms with Gasteiger partial charge in [-0.1, -0.05) is 18.2 Å². The summed E-state index contributed by atoms with van der Waals surface area (Å²) in [5.41, 5.74) is 0.944. The Kier molecular flexibility index (Phi) is 2.04. The van der Waals surface area contributed by atoms with Crippen molar-refractivity contribution in [2.75, 3.05) is 13.2 Å². The van der Waals surface area contributed by atoms with Crippen molar-refractivity contribution in [3.05, 3.63) is 23.5 Å². The molecule has 58 valence electrons. The Balaban J connectivity index is 1.90. The molecule has 1 aliphatic carbocycles. The van der Waals surface area contributed by atoms with E-state index in [0.29, 0.717) is 8.58 Å². The van der Waals surface area contributed by atoms with Gasteiger partial charge in [-0.3, -0.25) is 0 Å². The molecule has 0 aromatic heterocycles. The molecule has 1 unspecified atom stereocenters. The number of ether oxygens (including phenoxy) is 1. The van der Waals surface area contributed by atoms with Crippen molar-refractivity contribution in [3.8, 4) is 0 Å². The molecule has 11 heavy (non-hydrogen) atoms. The van der Waals surface area contributed by atoms with E-state index in [2.05, 4.69) is 23.2 Å². The number of hydrogen-bond acceptors (Lipinski definition) is 2. The molecule has 0 aromatic rings. The number of allylic oxidation sites excluding steroid dienone is 4. The number of hydrogen-bond donors (Lipinski definition) is 0. The zero-order valence-corrected chi connectivity index (χ0v) is 7.21. The Morgan fingerprint density at radius 2 is 2.55 bits per heavy atom. The smallest absolute Gasteiger partial charge is 0.207 e. The van der Waals surface area contributed by atoms with Gasteiger partial charge in [0.2, 0.25) is 5.64 Å². The molecule has 2 rings (SSSR count). The van der Waals surface area contributed by atoms with Crippen molar-refractivity contribution in [2.24, 2.45) is 4.99 Å². The molecule has 1 heterocycles. The SMILES string of the molecule is C1=CCC(PC2=NCCO2)=C1. The molecule has 0 radical (unpaired) electrons. The fourth-order valence-corrected chi connectivity index (χ4v) is 2.13. The average Bonchev–Trinajstić information content (AvgIpc) is 2.60. The first kappa shape index (κ1) is 7.05. The maximum absolute atomic E-state index is 5.31. The molecule has 1 aliphatic heterocycles. The lowest BCUT2D eigenvalue weighted by atomic mass is 10.5. The molecular formula is C8H10NOP. The lowest BCUT2D eigenvalue weighted by Crippen LogP contribution is -1.90. The first-order valence-corrected chi connectivity index (χ1v) is 4.75. The summed E-state index contributed by atoms with van der Waals surface area (Å²) in [6, 6.07) is 0. The molecule has 0 fully saturated rings. The second-order valence-electron chi connectivity index (χ2n) is 2.48. The second-order valence-corrected chi connectivity index (χ2v) is 3.80. The fraction of sp³-hybridized carbons (Fsp3) is 0.375. The van der Waals surface area contributed by atoms with E-state index in [4.69, 9.17) is 4.74 Å². The lowest BCUT2D eigenvalue weighted by Gasteiger charge is -2.00. The first-order chi connectivity index (χ1) is 5.45. The highest BCUT2D eigenvalue weighted by Gasteiger charge is 2.09. The molecule has 0 bridgehead atoms. The summed E-state index contributed by atoms with van der Waals surface area (Å²) in [6.07, 6.45) is 7.50. The molecule has 2 aliphatic rings. The van der Waals surface area contributed by atoms with Crippen LogP contribution in [0, 0.1) is 0 Å². The Labute approximate surface area is 67.8 Å². The lowest BCUT2D eigenvalue weighted by molar-refractivity contribution is 0.356. The van der Waals surface area contributed by atoms with Gasteiger partial charge in [-0.2, -0.15) is 0 Å². The molecule has 3 heteroatoms. The van der Waals surface area contributed by atoms with Gasteiger partial charge < -0.3 is 4.74 Å². The largest absolute Gasteiger partial charge is 0.476 e.